The van der Waals surface area contributed by atoms with E-state index in [1.54, 1.807) is 12.1 Å². The summed E-state index contributed by atoms with van der Waals surface area (Å²) in [5, 5.41) is 1.21. The van der Waals surface area contributed by atoms with E-state index in [2.05, 4.69) is 10.5 Å². The lowest BCUT2D eigenvalue weighted by molar-refractivity contribution is 0.100. The van der Waals surface area contributed by atoms with Gasteiger partial charge in [0.15, 0.2) is 0 Å². The Morgan fingerprint density at radius 2 is 2.00 bits per heavy atom. The Hall–Kier alpha value is -0.770. The van der Waals surface area contributed by atoms with Crippen LogP contribution >= 0.6 is 23.2 Å². The molecule has 0 aliphatic carbocycles. The Morgan fingerprint density at radius 1 is 1.40 bits per heavy atom. The summed E-state index contributed by atoms with van der Waals surface area (Å²) >= 11 is 11.9. The van der Waals surface area contributed by atoms with Crippen LogP contribution in [0.25, 0.3) is 0 Å². The first-order chi connectivity index (χ1) is 7.15. The van der Waals surface area contributed by atoms with Crippen molar-refractivity contribution < 1.29 is 4.84 Å². The van der Waals surface area contributed by atoms with Gasteiger partial charge >= 0.3 is 0 Å². The second-order valence-corrected chi connectivity index (χ2v) is 3.66. The molecule has 0 unspecified atom stereocenters. The number of rotatable bonds is 4. The van der Waals surface area contributed by atoms with Crippen molar-refractivity contribution in [2.75, 3.05) is 6.61 Å². The minimum absolute atomic E-state index is 0.571. The fraction of sp³-hybridized carbons (Fsp3) is 0.300. The number of hydroxylamine groups is 1. The van der Waals surface area contributed by atoms with Crippen LogP contribution in [0.5, 0.6) is 0 Å². The molecule has 0 saturated heterocycles. The molecule has 1 aromatic carbocycles. The molecule has 5 heteroatoms. The van der Waals surface area contributed by atoms with E-state index < -0.39 is 0 Å². The summed E-state index contributed by atoms with van der Waals surface area (Å²) in [5.74, 6) is 0. The molecular formula is C10H12Cl2N2O. The fourth-order valence-corrected chi connectivity index (χ4v) is 1.40. The third-order valence-electron chi connectivity index (χ3n) is 1.76. The van der Waals surface area contributed by atoms with Gasteiger partial charge in [-0.2, -0.15) is 0 Å². The molecule has 0 aliphatic heterocycles. The van der Waals surface area contributed by atoms with Gasteiger partial charge in [-0.05, 0) is 31.5 Å². The number of hydrogen-bond donors (Lipinski definition) is 1. The average molecular weight is 247 g/mol. The standard InChI is InChI=1S/C10H12Cl2N2O/c1-3-15-14-6-13-8-4-9(11)7(2)10(12)5-8/h4-6H,3H2,1-2H3,(H,13,14). The lowest BCUT2D eigenvalue weighted by Crippen LogP contribution is -2.10. The third kappa shape index (κ3) is 3.70. The van der Waals surface area contributed by atoms with E-state index in [-0.39, 0.29) is 0 Å². The topological polar surface area (TPSA) is 33.6 Å². The van der Waals surface area contributed by atoms with Crippen LogP contribution in [0.3, 0.4) is 0 Å². The zero-order chi connectivity index (χ0) is 11.3. The van der Waals surface area contributed by atoms with Crippen molar-refractivity contribution in [1.29, 1.82) is 0 Å². The van der Waals surface area contributed by atoms with Crippen LogP contribution < -0.4 is 5.48 Å². The Balaban J connectivity index is 2.74. The number of halogens is 2. The van der Waals surface area contributed by atoms with Crippen LogP contribution in [-0.4, -0.2) is 12.9 Å². The molecular weight excluding hydrogens is 235 g/mol. The number of nitrogens with zero attached hydrogens (tertiary/aromatic N) is 1. The Bertz CT molecular complexity index is 343. The molecule has 1 aromatic rings. The zero-order valence-electron chi connectivity index (χ0n) is 8.55. The van der Waals surface area contributed by atoms with Crippen molar-refractivity contribution >= 4 is 35.2 Å². The van der Waals surface area contributed by atoms with E-state index in [0.717, 1.165) is 5.56 Å². The average Bonchev–Trinajstić information content (AvgIpc) is 2.21. The Morgan fingerprint density at radius 3 is 2.53 bits per heavy atom. The maximum absolute atomic E-state index is 5.95. The SMILES string of the molecule is CCONC=Nc1cc(Cl)c(C)c(Cl)c1. The quantitative estimate of drug-likeness (QED) is 0.382. The second-order valence-electron chi connectivity index (χ2n) is 2.84. The van der Waals surface area contributed by atoms with Gasteiger partial charge < -0.3 is 0 Å². The Labute approximate surface area is 99.0 Å². The van der Waals surface area contributed by atoms with Crippen LogP contribution in [0, 0.1) is 6.92 Å². The monoisotopic (exact) mass is 246 g/mol. The molecule has 0 saturated carbocycles. The van der Waals surface area contributed by atoms with Crippen molar-refractivity contribution in [3.63, 3.8) is 0 Å². The van der Waals surface area contributed by atoms with Crippen LogP contribution in [0.15, 0.2) is 17.1 Å². The first-order valence-corrected chi connectivity index (χ1v) is 5.26. The zero-order valence-corrected chi connectivity index (χ0v) is 10.1. The molecule has 0 aromatic heterocycles. The molecule has 0 spiro atoms. The number of aliphatic imine (C=N–C) groups is 1. The fourth-order valence-electron chi connectivity index (χ4n) is 0.928. The maximum Gasteiger partial charge on any atom is 0.113 e. The van der Waals surface area contributed by atoms with Gasteiger partial charge in [0, 0.05) is 10.0 Å². The molecule has 3 nitrogen and oxygen atoms in total. The van der Waals surface area contributed by atoms with Crippen LogP contribution in [-0.2, 0) is 4.84 Å². The highest BCUT2D eigenvalue weighted by Crippen LogP contribution is 2.29. The van der Waals surface area contributed by atoms with Gasteiger partial charge in [0.1, 0.15) is 6.34 Å². The molecule has 0 fully saturated rings. The predicted octanol–water partition coefficient (Wildman–Crippen LogP) is 3.50. The third-order valence-corrected chi connectivity index (χ3v) is 2.54. The summed E-state index contributed by atoms with van der Waals surface area (Å²) in [6.07, 6.45) is 1.45. The van der Waals surface area contributed by atoms with Gasteiger partial charge in [0.05, 0.1) is 12.3 Å². The lowest BCUT2D eigenvalue weighted by atomic mass is 10.2. The molecule has 0 amide bonds. The maximum atomic E-state index is 5.95. The van der Waals surface area contributed by atoms with Crippen molar-refractivity contribution in [2.45, 2.75) is 13.8 Å². The van der Waals surface area contributed by atoms with Gasteiger partial charge in [0.2, 0.25) is 0 Å². The minimum Gasteiger partial charge on any atom is -0.276 e. The molecule has 0 heterocycles. The molecule has 1 rings (SSSR count). The summed E-state index contributed by atoms with van der Waals surface area (Å²) in [4.78, 5) is 8.95. The van der Waals surface area contributed by atoms with Gasteiger partial charge in [-0.25, -0.2) is 4.99 Å². The summed E-state index contributed by atoms with van der Waals surface area (Å²) < 4.78 is 0. The largest absolute Gasteiger partial charge is 0.276 e. The van der Waals surface area contributed by atoms with Crippen LogP contribution in [0.1, 0.15) is 12.5 Å². The first kappa shape index (κ1) is 12.3. The number of hydrogen-bond acceptors (Lipinski definition) is 2. The highest BCUT2D eigenvalue weighted by atomic mass is 35.5. The van der Waals surface area contributed by atoms with E-state index >= 15 is 0 Å². The minimum atomic E-state index is 0.571. The van der Waals surface area contributed by atoms with Crippen molar-refractivity contribution in [1.82, 2.24) is 5.48 Å². The van der Waals surface area contributed by atoms with Crippen LogP contribution in [0.2, 0.25) is 10.0 Å². The Kier molecular flexibility index (Phi) is 4.88. The first-order valence-electron chi connectivity index (χ1n) is 4.50. The van der Waals surface area contributed by atoms with Crippen molar-refractivity contribution in [3.05, 3.63) is 27.7 Å². The lowest BCUT2D eigenvalue weighted by Gasteiger charge is -2.02. The molecule has 0 radical (unpaired) electrons. The van der Waals surface area contributed by atoms with E-state index in [9.17, 15) is 0 Å². The summed E-state index contributed by atoms with van der Waals surface area (Å²) in [6, 6.07) is 3.49. The van der Waals surface area contributed by atoms with Gasteiger partial charge in [0.25, 0.3) is 0 Å². The van der Waals surface area contributed by atoms with Crippen molar-refractivity contribution in [2.24, 2.45) is 4.99 Å². The molecule has 0 aliphatic rings. The molecule has 0 bridgehead atoms. The van der Waals surface area contributed by atoms with E-state index in [0.29, 0.717) is 22.3 Å². The van der Waals surface area contributed by atoms with Gasteiger partial charge in [-0.15, -0.1) is 0 Å². The smallest absolute Gasteiger partial charge is 0.113 e. The highest BCUT2D eigenvalue weighted by Gasteiger charge is 2.02. The molecule has 82 valence electrons. The van der Waals surface area contributed by atoms with Crippen LogP contribution in [0.4, 0.5) is 5.69 Å². The molecule has 1 N–H and O–H groups in total. The second kappa shape index (κ2) is 5.95. The van der Waals surface area contributed by atoms with Gasteiger partial charge in [-0.3, -0.25) is 10.3 Å². The number of nitrogens with one attached hydrogen (secondary N) is 1. The highest BCUT2D eigenvalue weighted by molar-refractivity contribution is 6.36. The van der Waals surface area contributed by atoms with E-state index in [4.69, 9.17) is 28.0 Å². The summed E-state index contributed by atoms with van der Waals surface area (Å²) in [5.41, 5.74) is 4.10. The normalized spacial score (nSPS) is 10.9. The molecule has 0 atom stereocenters. The predicted molar refractivity (Wildman–Crippen MR) is 64.1 cm³/mol. The summed E-state index contributed by atoms with van der Waals surface area (Å²) in [7, 11) is 0. The van der Waals surface area contributed by atoms with E-state index in [1.165, 1.54) is 6.34 Å². The van der Waals surface area contributed by atoms with Crippen molar-refractivity contribution in [3.8, 4) is 0 Å². The van der Waals surface area contributed by atoms with Gasteiger partial charge in [-0.1, -0.05) is 23.2 Å². The van der Waals surface area contributed by atoms with E-state index in [1.807, 2.05) is 13.8 Å². The number of benzene rings is 1. The summed E-state index contributed by atoms with van der Waals surface area (Å²) in [6.45, 7) is 4.30. The molecule has 15 heavy (non-hydrogen) atoms.